The van der Waals surface area contributed by atoms with Crippen LogP contribution in [0.1, 0.15) is 5.82 Å². The first-order valence-corrected chi connectivity index (χ1v) is 6.36. The van der Waals surface area contributed by atoms with Crippen molar-refractivity contribution in [3.05, 3.63) is 41.5 Å². The molecule has 0 fully saturated rings. The van der Waals surface area contributed by atoms with E-state index in [1.165, 1.54) is 11.3 Å². The smallest absolute Gasteiger partial charge is 0.248 e. The molecule has 0 aliphatic carbocycles. The monoisotopic (exact) mass is 257 g/mol. The van der Waals surface area contributed by atoms with E-state index in [1.54, 1.807) is 0 Å². The maximum Gasteiger partial charge on any atom is 0.248 e. The highest BCUT2D eigenvalue weighted by atomic mass is 32.1. The lowest BCUT2D eigenvalue weighted by Crippen LogP contribution is -1.91. The molecular formula is C12H11N5S. The summed E-state index contributed by atoms with van der Waals surface area (Å²) in [4.78, 5) is 8.68. The maximum absolute atomic E-state index is 4.50. The number of H-pyrrole nitrogens is 1. The highest BCUT2D eigenvalue weighted by molar-refractivity contribution is 7.14. The van der Waals surface area contributed by atoms with E-state index in [1.807, 2.05) is 42.6 Å². The summed E-state index contributed by atoms with van der Waals surface area (Å²) in [7, 11) is 0. The molecule has 2 N–H and O–H groups in total. The number of anilines is 2. The molecule has 3 aromatic rings. The lowest BCUT2D eigenvalue weighted by Gasteiger charge is -1.95. The average molecular weight is 257 g/mol. The van der Waals surface area contributed by atoms with Gasteiger partial charge in [-0.2, -0.15) is 4.98 Å². The third-order valence-corrected chi connectivity index (χ3v) is 3.15. The fourth-order valence-electron chi connectivity index (χ4n) is 1.57. The number of aryl methyl sites for hydroxylation is 1. The van der Waals surface area contributed by atoms with Crippen molar-refractivity contribution < 1.29 is 0 Å². The van der Waals surface area contributed by atoms with E-state index in [2.05, 4.69) is 25.5 Å². The summed E-state index contributed by atoms with van der Waals surface area (Å²) in [5.41, 5.74) is 2.06. The standard InChI is InChI=1S/C12H11N5S/c1-8-13-11(17-16-8)15-12-14-10(7-18-12)9-5-3-2-4-6-9/h2-7H,1H3,(H2,13,14,15,16,17). The zero-order valence-corrected chi connectivity index (χ0v) is 10.5. The van der Waals surface area contributed by atoms with Crippen molar-refractivity contribution in [2.45, 2.75) is 6.92 Å². The van der Waals surface area contributed by atoms with Crippen LogP contribution < -0.4 is 5.32 Å². The number of hydrogen-bond acceptors (Lipinski definition) is 5. The highest BCUT2D eigenvalue weighted by Crippen LogP contribution is 2.25. The Bertz CT molecular complexity index is 643. The molecule has 6 heteroatoms. The molecule has 0 unspecified atom stereocenters. The number of hydrogen-bond donors (Lipinski definition) is 2. The Morgan fingerprint density at radius 3 is 2.72 bits per heavy atom. The predicted molar refractivity (Wildman–Crippen MR) is 72.0 cm³/mol. The Morgan fingerprint density at radius 2 is 2.00 bits per heavy atom. The fraction of sp³-hybridized carbons (Fsp3) is 0.0833. The van der Waals surface area contributed by atoms with Gasteiger partial charge in [-0.05, 0) is 6.92 Å². The van der Waals surface area contributed by atoms with Crippen molar-refractivity contribution in [2.24, 2.45) is 0 Å². The van der Waals surface area contributed by atoms with Crippen LogP contribution in [0.4, 0.5) is 11.1 Å². The SMILES string of the molecule is Cc1nc(Nc2nc(-c3ccccc3)cs2)n[nH]1. The van der Waals surface area contributed by atoms with Crippen LogP contribution in [0.3, 0.4) is 0 Å². The largest absolute Gasteiger partial charge is 0.299 e. The van der Waals surface area contributed by atoms with Gasteiger partial charge >= 0.3 is 0 Å². The minimum Gasteiger partial charge on any atom is -0.299 e. The summed E-state index contributed by atoms with van der Waals surface area (Å²) in [6, 6.07) is 10.1. The van der Waals surface area contributed by atoms with Gasteiger partial charge in [0.05, 0.1) is 5.69 Å². The Balaban J connectivity index is 1.82. The summed E-state index contributed by atoms with van der Waals surface area (Å²) in [5, 5.41) is 12.7. The summed E-state index contributed by atoms with van der Waals surface area (Å²) < 4.78 is 0. The average Bonchev–Trinajstić information content (AvgIpc) is 3.01. The molecule has 3 rings (SSSR count). The third kappa shape index (κ3) is 2.23. The van der Waals surface area contributed by atoms with Gasteiger partial charge in [0.25, 0.3) is 0 Å². The van der Waals surface area contributed by atoms with Crippen molar-refractivity contribution in [1.29, 1.82) is 0 Å². The Hall–Kier alpha value is -2.21. The van der Waals surface area contributed by atoms with Crippen LogP contribution in [0.15, 0.2) is 35.7 Å². The van der Waals surface area contributed by atoms with Gasteiger partial charge in [-0.1, -0.05) is 30.3 Å². The molecule has 0 aliphatic heterocycles. The van der Waals surface area contributed by atoms with Crippen molar-refractivity contribution >= 4 is 22.4 Å². The molecule has 2 aromatic heterocycles. The second-order valence-corrected chi connectivity index (χ2v) is 4.63. The zero-order chi connectivity index (χ0) is 12.4. The van der Waals surface area contributed by atoms with Gasteiger partial charge in [0.15, 0.2) is 5.13 Å². The van der Waals surface area contributed by atoms with E-state index in [0.29, 0.717) is 5.95 Å². The van der Waals surface area contributed by atoms with Gasteiger partial charge in [-0.15, -0.1) is 16.4 Å². The number of benzene rings is 1. The quantitative estimate of drug-likeness (QED) is 0.757. The van der Waals surface area contributed by atoms with Crippen LogP contribution in [0.25, 0.3) is 11.3 Å². The third-order valence-electron chi connectivity index (χ3n) is 2.39. The molecule has 0 aliphatic rings. The molecule has 0 radical (unpaired) electrons. The van der Waals surface area contributed by atoms with E-state index in [9.17, 15) is 0 Å². The first-order chi connectivity index (χ1) is 8.81. The number of thiazole rings is 1. The maximum atomic E-state index is 4.50. The van der Waals surface area contributed by atoms with Gasteiger partial charge in [-0.25, -0.2) is 4.98 Å². The van der Waals surface area contributed by atoms with Crippen LogP contribution in [-0.2, 0) is 0 Å². The van der Waals surface area contributed by atoms with Crippen LogP contribution in [0.2, 0.25) is 0 Å². The predicted octanol–water partition coefficient (Wildman–Crippen LogP) is 2.98. The number of nitrogens with one attached hydrogen (secondary N) is 2. The summed E-state index contributed by atoms with van der Waals surface area (Å²) in [5.74, 6) is 1.32. The lowest BCUT2D eigenvalue weighted by molar-refractivity contribution is 1.04. The molecule has 2 heterocycles. The molecule has 0 bridgehead atoms. The molecule has 90 valence electrons. The fourth-order valence-corrected chi connectivity index (χ4v) is 2.28. The molecule has 0 saturated heterocycles. The Labute approximate surface area is 108 Å². The molecule has 0 atom stereocenters. The summed E-state index contributed by atoms with van der Waals surface area (Å²) >= 11 is 1.53. The van der Waals surface area contributed by atoms with Crippen molar-refractivity contribution in [3.63, 3.8) is 0 Å². The molecular weight excluding hydrogens is 246 g/mol. The molecule has 0 saturated carbocycles. The minimum absolute atomic E-state index is 0.543. The van der Waals surface area contributed by atoms with Gasteiger partial charge in [-0.3, -0.25) is 10.4 Å². The van der Waals surface area contributed by atoms with Crippen molar-refractivity contribution in [3.8, 4) is 11.3 Å². The zero-order valence-electron chi connectivity index (χ0n) is 9.71. The lowest BCUT2D eigenvalue weighted by atomic mass is 10.2. The first kappa shape index (κ1) is 10.9. The molecule has 1 aromatic carbocycles. The van der Waals surface area contributed by atoms with Crippen LogP contribution in [0.5, 0.6) is 0 Å². The van der Waals surface area contributed by atoms with Crippen LogP contribution in [0, 0.1) is 6.92 Å². The molecule has 0 spiro atoms. The Morgan fingerprint density at radius 1 is 1.17 bits per heavy atom. The second kappa shape index (κ2) is 4.58. The van der Waals surface area contributed by atoms with E-state index >= 15 is 0 Å². The van der Waals surface area contributed by atoms with E-state index < -0.39 is 0 Å². The summed E-state index contributed by atoms with van der Waals surface area (Å²) in [6.07, 6.45) is 0. The van der Waals surface area contributed by atoms with E-state index in [4.69, 9.17) is 0 Å². The second-order valence-electron chi connectivity index (χ2n) is 3.77. The van der Waals surface area contributed by atoms with Gasteiger partial charge in [0.2, 0.25) is 5.95 Å². The first-order valence-electron chi connectivity index (χ1n) is 5.48. The number of nitrogens with zero attached hydrogens (tertiary/aromatic N) is 3. The van der Waals surface area contributed by atoms with E-state index in [-0.39, 0.29) is 0 Å². The van der Waals surface area contributed by atoms with Crippen LogP contribution in [-0.4, -0.2) is 20.2 Å². The van der Waals surface area contributed by atoms with E-state index in [0.717, 1.165) is 22.2 Å². The van der Waals surface area contributed by atoms with Crippen molar-refractivity contribution in [2.75, 3.05) is 5.32 Å². The molecule has 18 heavy (non-hydrogen) atoms. The van der Waals surface area contributed by atoms with Crippen LogP contribution >= 0.6 is 11.3 Å². The number of rotatable bonds is 3. The normalized spacial score (nSPS) is 10.5. The molecule has 0 amide bonds. The topological polar surface area (TPSA) is 66.5 Å². The molecule has 5 nitrogen and oxygen atoms in total. The highest BCUT2D eigenvalue weighted by Gasteiger charge is 2.06. The number of aromatic nitrogens is 4. The summed E-state index contributed by atoms with van der Waals surface area (Å²) in [6.45, 7) is 1.86. The van der Waals surface area contributed by atoms with Gasteiger partial charge in [0.1, 0.15) is 5.82 Å². The minimum atomic E-state index is 0.543. The van der Waals surface area contributed by atoms with Gasteiger partial charge < -0.3 is 0 Å². The van der Waals surface area contributed by atoms with Gasteiger partial charge in [0, 0.05) is 10.9 Å². The Kier molecular flexibility index (Phi) is 2.77. The number of aromatic amines is 1. The van der Waals surface area contributed by atoms with Crippen molar-refractivity contribution in [1.82, 2.24) is 20.2 Å².